The fraction of sp³-hybridized carbons (Fsp3) is 0.0526. The van der Waals surface area contributed by atoms with Crippen molar-refractivity contribution in [3.05, 3.63) is 72.4 Å². The Hall–Kier alpha value is -2.54. The number of benzene rings is 3. The second-order valence-corrected chi connectivity index (χ2v) is 5.23. The molecule has 0 aliphatic carbocycles. The lowest BCUT2D eigenvalue weighted by atomic mass is 9.95. The zero-order chi connectivity index (χ0) is 13.5. The van der Waals surface area contributed by atoms with Crippen molar-refractivity contribution in [2.45, 2.75) is 6.92 Å². The minimum atomic E-state index is 1.20. The summed E-state index contributed by atoms with van der Waals surface area (Å²) in [5.41, 5.74) is 5.10. The van der Waals surface area contributed by atoms with Gasteiger partial charge in [0, 0.05) is 17.1 Å². The van der Waals surface area contributed by atoms with E-state index in [1.165, 1.54) is 38.4 Å². The molecule has 1 aromatic heterocycles. The van der Waals surface area contributed by atoms with Gasteiger partial charge < -0.3 is 4.98 Å². The maximum absolute atomic E-state index is 3.35. The van der Waals surface area contributed by atoms with E-state index in [1.807, 2.05) is 0 Å². The molecule has 1 heterocycles. The summed E-state index contributed by atoms with van der Waals surface area (Å²) in [6.07, 6.45) is 2.08. The molecule has 0 atom stereocenters. The maximum atomic E-state index is 3.35. The van der Waals surface area contributed by atoms with Gasteiger partial charge in [0.25, 0.3) is 0 Å². The second-order valence-electron chi connectivity index (χ2n) is 5.23. The van der Waals surface area contributed by atoms with Crippen LogP contribution in [0, 0.1) is 6.92 Å². The quantitative estimate of drug-likeness (QED) is 0.476. The minimum absolute atomic E-state index is 1.20. The zero-order valence-electron chi connectivity index (χ0n) is 11.4. The first-order chi connectivity index (χ1) is 9.84. The van der Waals surface area contributed by atoms with E-state index in [9.17, 15) is 0 Å². The van der Waals surface area contributed by atoms with E-state index in [2.05, 4.69) is 78.8 Å². The molecule has 1 nitrogen and oxygen atoms in total. The SMILES string of the molecule is Cc1c[nH]c2cccc(-c3cccc4ccccc34)c12. The molecule has 3 aromatic carbocycles. The van der Waals surface area contributed by atoms with Gasteiger partial charge in [0.1, 0.15) is 0 Å². The van der Waals surface area contributed by atoms with E-state index < -0.39 is 0 Å². The second kappa shape index (κ2) is 4.24. The van der Waals surface area contributed by atoms with E-state index in [0.29, 0.717) is 0 Å². The van der Waals surface area contributed by atoms with Crippen LogP contribution in [0.15, 0.2) is 66.9 Å². The molecule has 0 unspecified atom stereocenters. The number of H-pyrrole nitrogens is 1. The van der Waals surface area contributed by atoms with Gasteiger partial charge in [-0.25, -0.2) is 0 Å². The number of nitrogens with one attached hydrogen (secondary N) is 1. The first kappa shape index (κ1) is 11.3. The highest BCUT2D eigenvalue weighted by atomic mass is 14.7. The lowest BCUT2D eigenvalue weighted by Crippen LogP contribution is -1.83. The summed E-state index contributed by atoms with van der Waals surface area (Å²) in [5, 5.41) is 3.92. The summed E-state index contributed by atoms with van der Waals surface area (Å²) in [6, 6.07) is 21.6. The minimum Gasteiger partial charge on any atom is -0.361 e. The fourth-order valence-electron chi connectivity index (χ4n) is 3.04. The number of fused-ring (bicyclic) bond motifs is 2. The predicted octanol–water partition coefficient (Wildman–Crippen LogP) is 5.30. The molecule has 96 valence electrons. The summed E-state index contributed by atoms with van der Waals surface area (Å²) < 4.78 is 0. The molecule has 20 heavy (non-hydrogen) atoms. The summed E-state index contributed by atoms with van der Waals surface area (Å²) in [4.78, 5) is 3.35. The summed E-state index contributed by atoms with van der Waals surface area (Å²) in [6.45, 7) is 2.16. The molecule has 0 amide bonds. The van der Waals surface area contributed by atoms with Crippen molar-refractivity contribution in [2.24, 2.45) is 0 Å². The summed E-state index contributed by atoms with van der Waals surface area (Å²) in [5.74, 6) is 0. The number of aryl methyl sites for hydroxylation is 1. The number of aromatic nitrogens is 1. The maximum Gasteiger partial charge on any atom is 0.0462 e. The highest BCUT2D eigenvalue weighted by Gasteiger charge is 2.09. The molecule has 4 rings (SSSR count). The molecule has 0 spiro atoms. The molecule has 0 fully saturated rings. The van der Waals surface area contributed by atoms with Gasteiger partial charge >= 0.3 is 0 Å². The molecule has 0 bridgehead atoms. The van der Waals surface area contributed by atoms with Gasteiger partial charge in [-0.05, 0) is 40.5 Å². The van der Waals surface area contributed by atoms with Crippen LogP contribution < -0.4 is 0 Å². The van der Waals surface area contributed by atoms with Crippen molar-refractivity contribution in [1.29, 1.82) is 0 Å². The molecule has 0 aliphatic heterocycles. The lowest BCUT2D eigenvalue weighted by molar-refractivity contribution is 1.43. The molecule has 0 radical (unpaired) electrons. The first-order valence-corrected chi connectivity index (χ1v) is 6.89. The average Bonchev–Trinajstić information content (AvgIpc) is 2.88. The third-order valence-electron chi connectivity index (χ3n) is 3.98. The smallest absolute Gasteiger partial charge is 0.0462 e. The van der Waals surface area contributed by atoms with Crippen molar-refractivity contribution >= 4 is 21.7 Å². The van der Waals surface area contributed by atoms with E-state index in [4.69, 9.17) is 0 Å². The van der Waals surface area contributed by atoms with Crippen LogP contribution in [0.25, 0.3) is 32.8 Å². The first-order valence-electron chi connectivity index (χ1n) is 6.89. The fourth-order valence-corrected chi connectivity index (χ4v) is 3.04. The standard InChI is InChI=1S/C19H15N/c1-13-12-20-18-11-5-10-17(19(13)18)16-9-4-7-14-6-2-3-8-15(14)16/h2-12,20H,1H3. The third-order valence-corrected chi connectivity index (χ3v) is 3.98. The van der Waals surface area contributed by atoms with Crippen LogP contribution in [-0.2, 0) is 0 Å². The van der Waals surface area contributed by atoms with Crippen LogP contribution in [0.1, 0.15) is 5.56 Å². The highest BCUT2D eigenvalue weighted by molar-refractivity contribution is 6.05. The Bertz CT molecular complexity index is 910. The normalized spacial score (nSPS) is 11.2. The van der Waals surface area contributed by atoms with Gasteiger partial charge in [-0.15, -0.1) is 0 Å². The van der Waals surface area contributed by atoms with Gasteiger partial charge in [0.2, 0.25) is 0 Å². The molecule has 1 N–H and O–H groups in total. The number of aromatic amines is 1. The molecule has 4 aromatic rings. The Kier molecular flexibility index (Phi) is 2.40. The number of hydrogen-bond donors (Lipinski definition) is 1. The van der Waals surface area contributed by atoms with E-state index in [0.717, 1.165) is 0 Å². The zero-order valence-corrected chi connectivity index (χ0v) is 11.4. The van der Waals surface area contributed by atoms with Crippen LogP contribution in [0.2, 0.25) is 0 Å². The van der Waals surface area contributed by atoms with Crippen molar-refractivity contribution in [3.8, 4) is 11.1 Å². The Morgan fingerprint density at radius 2 is 1.50 bits per heavy atom. The van der Waals surface area contributed by atoms with Crippen molar-refractivity contribution in [3.63, 3.8) is 0 Å². The van der Waals surface area contributed by atoms with Gasteiger partial charge in [0.05, 0.1) is 0 Å². The summed E-state index contributed by atoms with van der Waals surface area (Å²) in [7, 11) is 0. The van der Waals surface area contributed by atoms with Crippen molar-refractivity contribution in [2.75, 3.05) is 0 Å². The number of hydrogen-bond acceptors (Lipinski definition) is 0. The van der Waals surface area contributed by atoms with Crippen LogP contribution in [0.5, 0.6) is 0 Å². The van der Waals surface area contributed by atoms with E-state index in [-0.39, 0.29) is 0 Å². The van der Waals surface area contributed by atoms with Crippen LogP contribution in [0.4, 0.5) is 0 Å². The van der Waals surface area contributed by atoms with Gasteiger partial charge in [-0.1, -0.05) is 54.6 Å². The molecule has 0 saturated carbocycles. The van der Waals surface area contributed by atoms with Gasteiger partial charge in [-0.3, -0.25) is 0 Å². The lowest BCUT2D eigenvalue weighted by Gasteiger charge is -2.09. The van der Waals surface area contributed by atoms with Crippen LogP contribution in [0.3, 0.4) is 0 Å². The van der Waals surface area contributed by atoms with E-state index in [1.54, 1.807) is 0 Å². The van der Waals surface area contributed by atoms with Crippen LogP contribution >= 0.6 is 0 Å². The Morgan fingerprint density at radius 3 is 2.45 bits per heavy atom. The monoisotopic (exact) mass is 257 g/mol. The topological polar surface area (TPSA) is 15.8 Å². The Labute approximate surface area is 117 Å². The molecular formula is C19H15N. The summed E-state index contributed by atoms with van der Waals surface area (Å²) >= 11 is 0. The van der Waals surface area contributed by atoms with Crippen LogP contribution in [-0.4, -0.2) is 4.98 Å². The van der Waals surface area contributed by atoms with Gasteiger partial charge in [0.15, 0.2) is 0 Å². The molecule has 0 aliphatic rings. The van der Waals surface area contributed by atoms with E-state index >= 15 is 0 Å². The Morgan fingerprint density at radius 1 is 0.750 bits per heavy atom. The molecule has 1 heteroatoms. The number of rotatable bonds is 1. The van der Waals surface area contributed by atoms with Crippen molar-refractivity contribution < 1.29 is 0 Å². The largest absolute Gasteiger partial charge is 0.361 e. The third kappa shape index (κ3) is 1.56. The average molecular weight is 257 g/mol. The highest BCUT2D eigenvalue weighted by Crippen LogP contribution is 2.34. The Balaban J connectivity index is 2.14. The molecule has 0 saturated heterocycles. The molecular weight excluding hydrogens is 242 g/mol. The van der Waals surface area contributed by atoms with Crippen molar-refractivity contribution in [1.82, 2.24) is 4.98 Å². The predicted molar refractivity (Wildman–Crippen MR) is 86.0 cm³/mol. The van der Waals surface area contributed by atoms with Gasteiger partial charge in [-0.2, -0.15) is 0 Å².